The van der Waals surface area contributed by atoms with Gasteiger partial charge in [-0.25, -0.2) is 0 Å². The third-order valence-electron chi connectivity index (χ3n) is 2.82. The highest BCUT2D eigenvalue weighted by Crippen LogP contribution is 2.19. The Balaban J connectivity index is 1.60. The first-order chi connectivity index (χ1) is 10.7. The number of carbonyl (C=O) groups is 1. The quantitative estimate of drug-likeness (QED) is 0.727. The molecule has 0 spiro atoms. The largest absolute Gasteiger partial charge is 0.486 e. The first-order valence-electron chi connectivity index (χ1n) is 6.48. The Labute approximate surface area is 134 Å². The Morgan fingerprint density at radius 1 is 1.36 bits per heavy atom. The van der Waals surface area contributed by atoms with Gasteiger partial charge in [-0.2, -0.15) is 5.10 Å². The van der Waals surface area contributed by atoms with Gasteiger partial charge in [-0.1, -0.05) is 22.0 Å². The molecule has 112 valence electrons. The van der Waals surface area contributed by atoms with Crippen LogP contribution in [-0.4, -0.2) is 16.1 Å². The zero-order chi connectivity index (χ0) is 15.4. The smallest absolute Gasteiger partial charge is 0.291 e. The second-order valence-corrected chi connectivity index (χ2v) is 5.37. The van der Waals surface area contributed by atoms with Crippen LogP contribution in [0.4, 0.5) is 5.69 Å². The van der Waals surface area contributed by atoms with Crippen molar-refractivity contribution >= 4 is 27.5 Å². The van der Waals surface area contributed by atoms with Gasteiger partial charge in [-0.15, -0.1) is 0 Å². The molecule has 0 aliphatic carbocycles. The monoisotopic (exact) mass is 361 g/mol. The van der Waals surface area contributed by atoms with Gasteiger partial charge in [-0.05, 0) is 30.3 Å². The molecule has 3 aromatic rings. The number of aromatic nitrogens is 2. The van der Waals surface area contributed by atoms with Crippen LogP contribution < -0.4 is 10.1 Å². The molecule has 2 heterocycles. The summed E-state index contributed by atoms with van der Waals surface area (Å²) in [7, 11) is 0. The molecule has 0 saturated heterocycles. The molecule has 1 amide bonds. The van der Waals surface area contributed by atoms with Crippen molar-refractivity contribution in [2.45, 2.75) is 6.61 Å². The first-order valence-corrected chi connectivity index (χ1v) is 7.27. The summed E-state index contributed by atoms with van der Waals surface area (Å²) < 4.78 is 12.0. The second kappa shape index (κ2) is 6.48. The van der Waals surface area contributed by atoms with Gasteiger partial charge in [0.05, 0.1) is 11.9 Å². The third-order valence-corrected chi connectivity index (χ3v) is 3.31. The number of H-pyrrole nitrogens is 1. The van der Waals surface area contributed by atoms with Gasteiger partial charge < -0.3 is 14.5 Å². The first kappa shape index (κ1) is 14.4. The number of ether oxygens (including phenoxy) is 1. The number of hydrogen-bond acceptors (Lipinski definition) is 4. The lowest BCUT2D eigenvalue weighted by Gasteiger charge is -2.04. The fraction of sp³-hybridized carbons (Fsp3) is 0.0667. The molecule has 3 rings (SSSR count). The van der Waals surface area contributed by atoms with Crippen molar-refractivity contribution in [2.24, 2.45) is 0 Å². The number of aromatic amines is 1. The van der Waals surface area contributed by atoms with Gasteiger partial charge in [0, 0.05) is 10.7 Å². The molecule has 7 heteroatoms. The van der Waals surface area contributed by atoms with E-state index in [2.05, 4.69) is 31.4 Å². The molecule has 0 aliphatic rings. The average molecular weight is 362 g/mol. The molecule has 0 atom stereocenters. The normalized spacial score (nSPS) is 10.4. The van der Waals surface area contributed by atoms with E-state index in [4.69, 9.17) is 9.15 Å². The molecule has 0 bridgehead atoms. The minimum atomic E-state index is -0.338. The van der Waals surface area contributed by atoms with Crippen LogP contribution in [0.5, 0.6) is 5.75 Å². The summed E-state index contributed by atoms with van der Waals surface area (Å²) in [6.07, 6.45) is 3.09. The summed E-state index contributed by atoms with van der Waals surface area (Å²) in [5, 5.41) is 9.02. The number of rotatable bonds is 5. The number of nitrogens with zero attached hydrogens (tertiary/aromatic N) is 1. The summed E-state index contributed by atoms with van der Waals surface area (Å²) in [5.41, 5.74) is 0.577. The van der Waals surface area contributed by atoms with E-state index in [1.54, 1.807) is 18.3 Å². The van der Waals surface area contributed by atoms with Crippen LogP contribution in [0.25, 0.3) is 0 Å². The van der Waals surface area contributed by atoms with E-state index >= 15 is 0 Å². The number of furan rings is 1. The maximum Gasteiger partial charge on any atom is 0.291 e. The number of amides is 1. The summed E-state index contributed by atoms with van der Waals surface area (Å²) in [6.45, 7) is 0.245. The zero-order valence-electron chi connectivity index (χ0n) is 11.4. The van der Waals surface area contributed by atoms with E-state index in [1.165, 1.54) is 6.20 Å². The molecule has 0 radical (unpaired) electrons. The summed E-state index contributed by atoms with van der Waals surface area (Å²) in [6, 6.07) is 10.8. The Hall–Kier alpha value is -2.54. The highest BCUT2D eigenvalue weighted by atomic mass is 79.9. The van der Waals surface area contributed by atoms with E-state index in [0.717, 1.165) is 10.2 Å². The molecule has 2 N–H and O–H groups in total. The van der Waals surface area contributed by atoms with Crippen molar-refractivity contribution in [2.75, 3.05) is 5.32 Å². The maximum atomic E-state index is 12.0. The van der Waals surface area contributed by atoms with E-state index in [1.807, 2.05) is 24.3 Å². The van der Waals surface area contributed by atoms with Gasteiger partial charge in [0.2, 0.25) is 0 Å². The third kappa shape index (κ3) is 3.56. The van der Waals surface area contributed by atoms with E-state index in [0.29, 0.717) is 11.4 Å². The molecule has 2 aromatic heterocycles. The molecule has 0 saturated carbocycles. The van der Waals surface area contributed by atoms with Crippen LogP contribution in [0.2, 0.25) is 0 Å². The van der Waals surface area contributed by atoms with Crippen molar-refractivity contribution < 1.29 is 13.9 Å². The lowest BCUT2D eigenvalue weighted by molar-refractivity contribution is 0.0992. The van der Waals surface area contributed by atoms with Gasteiger partial charge >= 0.3 is 0 Å². The molecule has 0 unspecified atom stereocenters. The van der Waals surface area contributed by atoms with Crippen LogP contribution in [0, 0.1) is 0 Å². The standard InChI is InChI=1S/C15H12BrN3O3/c16-10-2-1-3-12(6-10)21-9-13-4-5-14(22-13)15(20)19-11-7-17-18-8-11/h1-8H,9H2,(H,17,18)(H,19,20). The van der Waals surface area contributed by atoms with Crippen molar-refractivity contribution in [3.8, 4) is 5.75 Å². The molecule has 0 aliphatic heterocycles. The maximum absolute atomic E-state index is 12.0. The predicted molar refractivity (Wildman–Crippen MR) is 83.7 cm³/mol. The molecule has 22 heavy (non-hydrogen) atoms. The second-order valence-electron chi connectivity index (χ2n) is 4.45. The number of halogens is 1. The number of benzene rings is 1. The number of nitrogens with one attached hydrogen (secondary N) is 2. The summed E-state index contributed by atoms with van der Waals surface area (Å²) >= 11 is 3.38. The number of hydrogen-bond donors (Lipinski definition) is 2. The van der Waals surface area contributed by atoms with Gasteiger partial charge in [0.1, 0.15) is 18.1 Å². The van der Waals surface area contributed by atoms with Crippen LogP contribution in [-0.2, 0) is 6.61 Å². The van der Waals surface area contributed by atoms with Crippen molar-refractivity contribution in [1.82, 2.24) is 10.2 Å². The zero-order valence-corrected chi connectivity index (χ0v) is 13.0. The Bertz CT molecular complexity index is 768. The fourth-order valence-corrected chi connectivity index (χ4v) is 2.18. The SMILES string of the molecule is O=C(Nc1cn[nH]c1)c1ccc(COc2cccc(Br)c2)o1. The summed E-state index contributed by atoms with van der Waals surface area (Å²) in [4.78, 5) is 12.0. The Kier molecular flexibility index (Phi) is 4.24. The minimum Gasteiger partial charge on any atom is -0.486 e. The fourth-order valence-electron chi connectivity index (χ4n) is 1.80. The van der Waals surface area contributed by atoms with Crippen LogP contribution in [0.15, 0.2) is 57.7 Å². The van der Waals surface area contributed by atoms with Crippen LogP contribution in [0.1, 0.15) is 16.3 Å². The molecule has 6 nitrogen and oxygen atoms in total. The van der Waals surface area contributed by atoms with Crippen molar-refractivity contribution in [3.05, 3.63) is 64.8 Å². The highest BCUT2D eigenvalue weighted by Gasteiger charge is 2.12. The summed E-state index contributed by atoms with van der Waals surface area (Å²) in [5.74, 6) is 1.16. The minimum absolute atomic E-state index is 0.217. The number of anilines is 1. The van der Waals surface area contributed by atoms with E-state index < -0.39 is 0 Å². The molecular formula is C15H12BrN3O3. The lowest BCUT2D eigenvalue weighted by Crippen LogP contribution is -2.10. The molecular weight excluding hydrogens is 350 g/mol. The average Bonchev–Trinajstić information content (AvgIpc) is 3.16. The van der Waals surface area contributed by atoms with Crippen molar-refractivity contribution in [1.29, 1.82) is 0 Å². The topological polar surface area (TPSA) is 80.2 Å². The van der Waals surface area contributed by atoms with Crippen LogP contribution >= 0.6 is 15.9 Å². The Morgan fingerprint density at radius 2 is 2.27 bits per heavy atom. The molecule has 1 aromatic carbocycles. The Morgan fingerprint density at radius 3 is 3.05 bits per heavy atom. The van der Waals surface area contributed by atoms with Crippen LogP contribution in [0.3, 0.4) is 0 Å². The van der Waals surface area contributed by atoms with Gasteiger partial charge in [-0.3, -0.25) is 9.89 Å². The lowest BCUT2D eigenvalue weighted by atomic mass is 10.3. The van der Waals surface area contributed by atoms with Gasteiger partial charge in [0.15, 0.2) is 5.76 Å². The van der Waals surface area contributed by atoms with Crippen molar-refractivity contribution in [3.63, 3.8) is 0 Å². The van der Waals surface area contributed by atoms with E-state index in [9.17, 15) is 4.79 Å². The van der Waals surface area contributed by atoms with E-state index in [-0.39, 0.29) is 18.3 Å². The molecule has 0 fully saturated rings. The highest BCUT2D eigenvalue weighted by molar-refractivity contribution is 9.10. The predicted octanol–water partition coefficient (Wildman–Crippen LogP) is 3.60. The number of carbonyl (C=O) groups excluding carboxylic acids is 1. The van der Waals surface area contributed by atoms with Gasteiger partial charge in [0.25, 0.3) is 5.91 Å².